The Kier molecular flexibility index (Phi) is 6.55. The molecule has 5 aromatic carbocycles. The molecule has 2 amide bonds. The molecular weight excluding hydrogens is 575 g/mol. The Labute approximate surface area is 264 Å². The monoisotopic (exact) mass is 599 g/mol. The molecule has 0 atom stereocenters. The van der Waals surface area contributed by atoms with E-state index in [1.807, 2.05) is 36.4 Å². The number of rotatable bonds is 6. The molecule has 0 saturated heterocycles. The molecule has 0 fully saturated rings. The van der Waals surface area contributed by atoms with Crippen molar-refractivity contribution >= 4 is 56.7 Å². The summed E-state index contributed by atoms with van der Waals surface area (Å²) in [5, 5.41) is 1.59. The fraction of sp³-hybridized carbons (Fsp3) is 0. The van der Waals surface area contributed by atoms with Crippen LogP contribution in [0.2, 0.25) is 0 Å². The average Bonchev–Trinajstić information content (AvgIpc) is 3.59. The van der Waals surface area contributed by atoms with E-state index in [1.54, 1.807) is 35.7 Å². The maximum atomic E-state index is 13.6. The smallest absolute Gasteiger partial charge is 0.266 e. The van der Waals surface area contributed by atoms with E-state index in [0.29, 0.717) is 22.2 Å². The minimum absolute atomic E-state index is 0.338. The van der Waals surface area contributed by atoms with Crippen LogP contribution in [0.15, 0.2) is 152 Å². The molecule has 5 nitrogen and oxygen atoms in total. The average molecular weight is 600 g/mol. The summed E-state index contributed by atoms with van der Waals surface area (Å²) in [6.07, 6.45) is 3.16. The number of aromatic nitrogens is 1. The van der Waals surface area contributed by atoms with Crippen molar-refractivity contribution in [1.82, 2.24) is 4.98 Å². The predicted octanol–water partition coefficient (Wildman–Crippen LogP) is 9.90. The van der Waals surface area contributed by atoms with Crippen LogP contribution < -0.4 is 9.80 Å². The van der Waals surface area contributed by atoms with Crippen molar-refractivity contribution in [3.8, 4) is 20.9 Å². The number of thiophene rings is 1. The first-order valence-corrected chi connectivity index (χ1v) is 15.4. The molecular formula is C39H25N3O2S. The second-order valence-corrected chi connectivity index (χ2v) is 11.8. The number of pyridine rings is 1. The molecule has 7 aromatic rings. The van der Waals surface area contributed by atoms with Crippen molar-refractivity contribution < 1.29 is 9.59 Å². The number of anilines is 4. The zero-order chi connectivity index (χ0) is 30.3. The van der Waals surface area contributed by atoms with Crippen LogP contribution in [0.5, 0.6) is 0 Å². The molecule has 8 rings (SSSR count). The van der Waals surface area contributed by atoms with Gasteiger partial charge in [-0.2, -0.15) is 0 Å². The van der Waals surface area contributed by atoms with Crippen LogP contribution in [0.3, 0.4) is 0 Å². The molecule has 0 bridgehead atoms. The third kappa shape index (κ3) is 4.60. The molecule has 0 unspecified atom stereocenters. The van der Waals surface area contributed by atoms with Crippen molar-refractivity contribution in [2.24, 2.45) is 0 Å². The Morgan fingerprint density at radius 3 is 1.82 bits per heavy atom. The van der Waals surface area contributed by atoms with E-state index < -0.39 is 0 Å². The van der Waals surface area contributed by atoms with Gasteiger partial charge in [0.15, 0.2) is 0 Å². The fourth-order valence-electron chi connectivity index (χ4n) is 6.05. The second-order valence-electron chi connectivity index (χ2n) is 10.8. The Morgan fingerprint density at radius 2 is 1.16 bits per heavy atom. The van der Waals surface area contributed by atoms with Crippen molar-refractivity contribution in [2.75, 3.05) is 9.80 Å². The van der Waals surface area contributed by atoms with Crippen molar-refractivity contribution in [1.29, 1.82) is 0 Å². The van der Waals surface area contributed by atoms with Gasteiger partial charge in [0, 0.05) is 49.5 Å². The van der Waals surface area contributed by atoms with E-state index in [4.69, 9.17) is 0 Å². The van der Waals surface area contributed by atoms with Crippen LogP contribution in [-0.2, 0) is 0 Å². The molecule has 0 spiro atoms. The zero-order valence-electron chi connectivity index (χ0n) is 24.0. The van der Waals surface area contributed by atoms with Crippen molar-refractivity contribution in [3.05, 3.63) is 163 Å². The molecule has 45 heavy (non-hydrogen) atoms. The summed E-state index contributed by atoms with van der Waals surface area (Å²) >= 11 is 1.70. The highest BCUT2D eigenvalue weighted by Gasteiger charge is 2.34. The predicted molar refractivity (Wildman–Crippen MR) is 183 cm³/mol. The standard InChI is InChI=1S/C39H25N3O2S/c43-38-33-15-7-14-32-31(20-21-34(37(32)33)39(44)42(38)30-13-8-24-40-25-30)36-23-22-35(45-36)26-16-18-29(19-17-26)41(27-9-3-1-4-10-27)28-11-5-2-6-12-28/h1-25H. The highest BCUT2D eigenvalue weighted by Crippen LogP contribution is 2.42. The molecule has 6 heteroatoms. The van der Waals surface area contributed by atoms with E-state index in [1.165, 1.54) is 11.1 Å². The largest absolute Gasteiger partial charge is 0.311 e. The Balaban J connectivity index is 1.14. The SMILES string of the molecule is O=C1c2cccc3c(-c4ccc(-c5ccc(N(c6ccccc6)c6ccccc6)cc5)s4)ccc(c23)C(=O)N1c1cccnc1. The summed E-state index contributed by atoms with van der Waals surface area (Å²) in [5.74, 6) is -0.675. The first-order valence-electron chi connectivity index (χ1n) is 14.6. The van der Waals surface area contributed by atoms with Crippen molar-refractivity contribution in [2.45, 2.75) is 0 Å². The lowest BCUT2D eigenvalue weighted by molar-refractivity contribution is 0.0893. The van der Waals surface area contributed by atoms with E-state index in [-0.39, 0.29) is 11.8 Å². The summed E-state index contributed by atoms with van der Waals surface area (Å²) in [7, 11) is 0. The molecule has 1 aliphatic heterocycles. The number of hydrogen-bond acceptors (Lipinski definition) is 5. The summed E-state index contributed by atoms with van der Waals surface area (Å²) in [6, 6.07) is 46.6. The quantitative estimate of drug-likeness (QED) is 0.179. The maximum absolute atomic E-state index is 13.6. The Bertz CT molecular complexity index is 2130. The maximum Gasteiger partial charge on any atom is 0.266 e. The molecule has 3 heterocycles. The van der Waals surface area contributed by atoms with Gasteiger partial charge in [-0.3, -0.25) is 14.6 Å². The van der Waals surface area contributed by atoms with E-state index in [2.05, 4.69) is 94.8 Å². The summed E-state index contributed by atoms with van der Waals surface area (Å²) in [4.78, 5) is 36.9. The molecule has 1 aliphatic rings. The van der Waals surface area contributed by atoms with Crippen LogP contribution in [0.4, 0.5) is 22.7 Å². The number of benzene rings is 5. The molecule has 2 aromatic heterocycles. The third-order valence-electron chi connectivity index (χ3n) is 8.12. The van der Waals surface area contributed by atoms with Gasteiger partial charge in [0.2, 0.25) is 0 Å². The molecule has 0 N–H and O–H groups in total. The van der Waals surface area contributed by atoms with Crippen LogP contribution in [0.25, 0.3) is 31.7 Å². The van der Waals surface area contributed by atoms with Gasteiger partial charge >= 0.3 is 0 Å². The Hall–Kier alpha value is -5.85. The van der Waals surface area contributed by atoms with E-state index in [0.717, 1.165) is 43.3 Å². The van der Waals surface area contributed by atoms with Gasteiger partial charge in [-0.1, -0.05) is 66.7 Å². The lowest BCUT2D eigenvalue weighted by Gasteiger charge is -2.27. The number of para-hydroxylation sites is 2. The van der Waals surface area contributed by atoms with E-state index >= 15 is 0 Å². The highest BCUT2D eigenvalue weighted by molar-refractivity contribution is 7.18. The van der Waals surface area contributed by atoms with Gasteiger partial charge in [0.1, 0.15) is 0 Å². The summed E-state index contributed by atoms with van der Waals surface area (Å²) in [6.45, 7) is 0. The minimum Gasteiger partial charge on any atom is -0.311 e. The van der Waals surface area contributed by atoms with E-state index in [9.17, 15) is 9.59 Å². The zero-order valence-corrected chi connectivity index (χ0v) is 24.8. The summed E-state index contributed by atoms with van der Waals surface area (Å²) in [5.41, 5.74) is 6.88. The number of amides is 2. The van der Waals surface area contributed by atoms with Gasteiger partial charge in [0.25, 0.3) is 11.8 Å². The first-order chi connectivity index (χ1) is 22.2. The number of carbonyl (C=O) groups is 2. The molecule has 0 saturated carbocycles. The number of carbonyl (C=O) groups excluding carboxylic acids is 2. The molecule has 214 valence electrons. The Morgan fingerprint density at radius 1 is 0.533 bits per heavy atom. The van der Waals surface area contributed by atoms with Gasteiger partial charge in [-0.05, 0) is 89.3 Å². The van der Waals surface area contributed by atoms with Crippen LogP contribution in [0, 0.1) is 0 Å². The summed E-state index contributed by atoms with van der Waals surface area (Å²) < 4.78 is 0. The van der Waals surface area contributed by atoms with Gasteiger partial charge in [-0.15, -0.1) is 11.3 Å². The van der Waals surface area contributed by atoms with Gasteiger partial charge in [-0.25, -0.2) is 4.90 Å². The lowest BCUT2D eigenvalue weighted by Crippen LogP contribution is -2.40. The number of nitrogens with zero attached hydrogens (tertiary/aromatic N) is 3. The third-order valence-corrected chi connectivity index (χ3v) is 9.29. The lowest BCUT2D eigenvalue weighted by atomic mass is 9.90. The topological polar surface area (TPSA) is 53.5 Å². The first kappa shape index (κ1) is 26.8. The van der Waals surface area contributed by atoms with Crippen LogP contribution in [0.1, 0.15) is 20.7 Å². The van der Waals surface area contributed by atoms with Crippen LogP contribution in [-0.4, -0.2) is 16.8 Å². The van der Waals surface area contributed by atoms with Crippen LogP contribution >= 0.6 is 11.3 Å². The number of imide groups is 1. The highest BCUT2D eigenvalue weighted by atomic mass is 32.1. The normalized spacial score (nSPS) is 12.5. The fourth-order valence-corrected chi connectivity index (χ4v) is 7.10. The minimum atomic E-state index is -0.338. The van der Waals surface area contributed by atoms with Gasteiger partial charge in [0.05, 0.1) is 11.9 Å². The molecule has 0 aliphatic carbocycles. The second kappa shape index (κ2) is 11.0. The number of hydrogen-bond donors (Lipinski definition) is 0. The molecule has 0 radical (unpaired) electrons. The van der Waals surface area contributed by atoms with Gasteiger partial charge < -0.3 is 4.90 Å². The van der Waals surface area contributed by atoms with Crippen molar-refractivity contribution in [3.63, 3.8) is 0 Å².